The lowest BCUT2D eigenvalue weighted by Gasteiger charge is -2.33. The Hall–Kier alpha value is -0.710. The van der Waals surface area contributed by atoms with Gasteiger partial charge in [-0.2, -0.15) is 8.61 Å². The minimum atomic E-state index is -3.92. The molecular weight excluding hydrogens is 284 g/mol. The molecule has 106 valence electrons. The van der Waals surface area contributed by atoms with Crippen molar-refractivity contribution >= 4 is 26.0 Å². The van der Waals surface area contributed by atoms with Crippen molar-refractivity contribution in [3.05, 3.63) is 0 Å². The van der Waals surface area contributed by atoms with Gasteiger partial charge in [-0.1, -0.05) is 0 Å². The minimum Gasteiger partial charge on any atom is -0.480 e. The van der Waals surface area contributed by atoms with Gasteiger partial charge in [0.05, 0.1) is 6.26 Å². The van der Waals surface area contributed by atoms with E-state index < -0.39 is 31.3 Å². The number of hydrogen-bond acceptors (Lipinski definition) is 5. The lowest BCUT2D eigenvalue weighted by Crippen LogP contribution is -2.52. The molecule has 18 heavy (non-hydrogen) atoms. The van der Waals surface area contributed by atoms with Crippen molar-refractivity contribution < 1.29 is 26.7 Å². The maximum absolute atomic E-state index is 11.9. The van der Waals surface area contributed by atoms with Crippen LogP contribution in [0.2, 0.25) is 0 Å². The van der Waals surface area contributed by atoms with Crippen molar-refractivity contribution in [2.75, 3.05) is 32.4 Å². The number of carboxylic acid groups (broad SMARTS) is 1. The van der Waals surface area contributed by atoms with Crippen LogP contribution in [0.1, 0.15) is 6.92 Å². The Morgan fingerprint density at radius 1 is 1.06 bits per heavy atom. The van der Waals surface area contributed by atoms with Gasteiger partial charge in [-0.3, -0.25) is 4.79 Å². The zero-order valence-electron chi connectivity index (χ0n) is 10.1. The summed E-state index contributed by atoms with van der Waals surface area (Å²) in [7, 11) is -7.25. The maximum atomic E-state index is 11.9. The van der Waals surface area contributed by atoms with Crippen LogP contribution in [0, 0.1) is 0 Å². The topological polar surface area (TPSA) is 112 Å². The van der Waals surface area contributed by atoms with E-state index in [1.807, 2.05) is 0 Å². The monoisotopic (exact) mass is 300 g/mol. The molecule has 10 heteroatoms. The Morgan fingerprint density at radius 3 is 1.78 bits per heavy atom. The summed E-state index contributed by atoms with van der Waals surface area (Å²) in [5.41, 5.74) is 0. The van der Waals surface area contributed by atoms with Gasteiger partial charge in [0.15, 0.2) is 5.25 Å². The fourth-order valence-corrected chi connectivity index (χ4v) is 3.81. The quantitative estimate of drug-likeness (QED) is 0.667. The van der Waals surface area contributed by atoms with Crippen molar-refractivity contribution in [3.8, 4) is 0 Å². The number of aliphatic carboxylic acids is 1. The molecule has 1 N–H and O–H groups in total. The minimum absolute atomic E-state index is 0.0208. The highest BCUT2D eigenvalue weighted by atomic mass is 32.2. The van der Waals surface area contributed by atoms with Gasteiger partial charge in [0, 0.05) is 26.2 Å². The third-order valence-corrected chi connectivity index (χ3v) is 6.30. The summed E-state index contributed by atoms with van der Waals surface area (Å²) in [6, 6.07) is 0. The molecule has 1 aliphatic heterocycles. The Labute approximate surface area is 106 Å². The molecule has 0 aliphatic carbocycles. The zero-order valence-corrected chi connectivity index (χ0v) is 11.7. The molecule has 1 saturated heterocycles. The van der Waals surface area contributed by atoms with Gasteiger partial charge in [0.25, 0.3) is 0 Å². The summed E-state index contributed by atoms with van der Waals surface area (Å²) < 4.78 is 48.4. The zero-order chi connectivity index (χ0) is 14.1. The highest BCUT2D eigenvalue weighted by molar-refractivity contribution is 7.90. The molecule has 1 rings (SSSR count). The number of rotatable bonds is 4. The van der Waals surface area contributed by atoms with E-state index in [9.17, 15) is 21.6 Å². The summed E-state index contributed by atoms with van der Waals surface area (Å²) in [6.07, 6.45) is 1.05. The highest BCUT2D eigenvalue weighted by Gasteiger charge is 2.36. The molecule has 1 fully saturated rings. The molecule has 0 spiro atoms. The summed E-state index contributed by atoms with van der Waals surface area (Å²) in [5.74, 6) is -1.42. The Kier molecular flexibility index (Phi) is 4.36. The molecule has 0 radical (unpaired) electrons. The van der Waals surface area contributed by atoms with Gasteiger partial charge in [-0.25, -0.2) is 16.8 Å². The van der Waals surface area contributed by atoms with Crippen LogP contribution >= 0.6 is 0 Å². The Bertz CT molecular complexity index is 518. The Balaban J connectivity index is 2.78. The number of hydrogen-bond donors (Lipinski definition) is 1. The van der Waals surface area contributed by atoms with E-state index in [1.54, 1.807) is 0 Å². The van der Waals surface area contributed by atoms with Crippen LogP contribution in [0.5, 0.6) is 0 Å². The van der Waals surface area contributed by atoms with E-state index >= 15 is 0 Å². The van der Waals surface area contributed by atoms with Crippen molar-refractivity contribution in [1.82, 2.24) is 8.61 Å². The van der Waals surface area contributed by atoms with Crippen LogP contribution in [-0.2, 0) is 24.8 Å². The molecule has 1 aliphatic rings. The normalized spacial score (nSPS) is 21.7. The van der Waals surface area contributed by atoms with E-state index in [0.29, 0.717) is 0 Å². The molecule has 0 bridgehead atoms. The number of sulfonamides is 2. The molecule has 0 aromatic heterocycles. The third kappa shape index (κ3) is 3.19. The summed E-state index contributed by atoms with van der Waals surface area (Å²) in [4.78, 5) is 10.7. The summed E-state index contributed by atoms with van der Waals surface area (Å²) in [5, 5.41) is 7.19. The number of piperazine rings is 1. The molecule has 0 aromatic carbocycles. The van der Waals surface area contributed by atoms with E-state index in [-0.39, 0.29) is 26.2 Å². The van der Waals surface area contributed by atoms with Crippen molar-refractivity contribution in [1.29, 1.82) is 0 Å². The van der Waals surface area contributed by atoms with Crippen LogP contribution < -0.4 is 0 Å². The van der Waals surface area contributed by atoms with Crippen LogP contribution in [0.3, 0.4) is 0 Å². The molecule has 8 nitrogen and oxygen atoms in total. The van der Waals surface area contributed by atoms with Gasteiger partial charge < -0.3 is 5.11 Å². The first-order valence-corrected chi connectivity index (χ1v) is 8.59. The second-order valence-corrected chi connectivity index (χ2v) is 8.32. The van der Waals surface area contributed by atoms with E-state index in [1.165, 1.54) is 4.31 Å². The predicted octanol–water partition coefficient (Wildman–Crippen LogP) is -1.63. The molecule has 1 heterocycles. The van der Waals surface area contributed by atoms with Gasteiger partial charge >= 0.3 is 5.97 Å². The first kappa shape index (κ1) is 15.3. The molecule has 0 aromatic rings. The van der Waals surface area contributed by atoms with E-state index in [0.717, 1.165) is 17.5 Å². The smallest absolute Gasteiger partial charge is 0.323 e. The van der Waals surface area contributed by atoms with E-state index in [4.69, 9.17) is 5.11 Å². The fraction of sp³-hybridized carbons (Fsp3) is 0.875. The van der Waals surface area contributed by atoms with Crippen molar-refractivity contribution in [2.45, 2.75) is 12.2 Å². The fourth-order valence-electron chi connectivity index (χ4n) is 1.61. The second-order valence-electron chi connectivity index (χ2n) is 4.09. The molecule has 1 atom stereocenters. The number of nitrogens with zero attached hydrogens (tertiary/aromatic N) is 2. The van der Waals surface area contributed by atoms with Gasteiger partial charge in [-0.15, -0.1) is 0 Å². The first-order valence-electron chi connectivity index (χ1n) is 5.23. The van der Waals surface area contributed by atoms with Gasteiger partial charge in [0.2, 0.25) is 20.0 Å². The average Bonchev–Trinajstić information content (AvgIpc) is 2.26. The Morgan fingerprint density at radius 2 is 1.44 bits per heavy atom. The van der Waals surface area contributed by atoms with Gasteiger partial charge in [-0.05, 0) is 6.92 Å². The predicted molar refractivity (Wildman–Crippen MR) is 64.0 cm³/mol. The van der Waals surface area contributed by atoms with Gasteiger partial charge in [0.1, 0.15) is 0 Å². The molecule has 0 amide bonds. The van der Waals surface area contributed by atoms with Crippen LogP contribution in [0.15, 0.2) is 0 Å². The second kappa shape index (κ2) is 5.11. The SMILES string of the molecule is CC(C(=O)O)S(=O)(=O)N1CCN(S(C)(=O)=O)CC1. The first-order chi connectivity index (χ1) is 8.06. The largest absolute Gasteiger partial charge is 0.480 e. The number of carbonyl (C=O) groups is 1. The summed E-state index contributed by atoms with van der Waals surface area (Å²) >= 11 is 0. The van der Waals surface area contributed by atoms with E-state index in [2.05, 4.69) is 0 Å². The lowest BCUT2D eigenvalue weighted by atomic mass is 10.4. The molecule has 1 unspecified atom stereocenters. The van der Waals surface area contributed by atoms with Crippen molar-refractivity contribution in [2.24, 2.45) is 0 Å². The lowest BCUT2D eigenvalue weighted by molar-refractivity contribution is -0.136. The average molecular weight is 300 g/mol. The number of carboxylic acids is 1. The van der Waals surface area contributed by atoms with Crippen LogP contribution in [0.25, 0.3) is 0 Å². The molecular formula is C8H16N2O6S2. The van der Waals surface area contributed by atoms with Crippen LogP contribution in [0.4, 0.5) is 0 Å². The van der Waals surface area contributed by atoms with Crippen LogP contribution in [-0.4, -0.2) is 74.2 Å². The standard InChI is InChI=1S/C8H16N2O6S2/c1-7(8(11)12)18(15,16)10-5-3-9(4-6-10)17(2,13)14/h7H,3-6H2,1-2H3,(H,11,12). The van der Waals surface area contributed by atoms with Crippen molar-refractivity contribution in [3.63, 3.8) is 0 Å². The third-order valence-electron chi connectivity index (χ3n) is 2.82. The molecule has 0 saturated carbocycles. The maximum Gasteiger partial charge on any atom is 0.323 e. The highest BCUT2D eigenvalue weighted by Crippen LogP contribution is 2.14. The summed E-state index contributed by atoms with van der Waals surface area (Å²) in [6.45, 7) is 1.15.